The monoisotopic (exact) mass is 318 g/mol. The Bertz CT molecular complexity index is 434. The summed E-state index contributed by atoms with van der Waals surface area (Å²) in [6, 6.07) is 10.4. The average molecular weight is 319 g/mol. The Morgan fingerprint density at radius 1 is 1.04 bits per heavy atom. The molecule has 0 aromatic heterocycles. The van der Waals surface area contributed by atoms with E-state index in [0.717, 1.165) is 45.1 Å². The molecule has 23 heavy (non-hydrogen) atoms. The highest BCUT2D eigenvalue weighted by Gasteiger charge is 2.38. The third-order valence-corrected chi connectivity index (χ3v) is 4.52. The van der Waals surface area contributed by atoms with Crippen LogP contribution in [0.2, 0.25) is 0 Å². The van der Waals surface area contributed by atoms with E-state index in [0.29, 0.717) is 6.54 Å². The molecule has 0 fully saturated rings. The van der Waals surface area contributed by atoms with Crippen LogP contribution in [0.3, 0.4) is 0 Å². The van der Waals surface area contributed by atoms with Crippen molar-refractivity contribution in [1.29, 1.82) is 0 Å². The highest BCUT2D eigenvalue weighted by molar-refractivity contribution is 5.88. The van der Waals surface area contributed by atoms with Crippen LogP contribution in [-0.4, -0.2) is 38.0 Å². The fraction of sp³-hybridized carbons (Fsp3) is 0.650. The molecule has 0 aliphatic heterocycles. The Morgan fingerprint density at radius 3 is 2.09 bits per heavy atom. The zero-order valence-corrected chi connectivity index (χ0v) is 15.4. The van der Waals surface area contributed by atoms with Crippen molar-refractivity contribution in [3.05, 3.63) is 35.9 Å². The van der Waals surface area contributed by atoms with E-state index in [1.807, 2.05) is 20.2 Å². The first-order valence-corrected chi connectivity index (χ1v) is 9.05. The lowest BCUT2D eigenvalue weighted by atomic mass is 9.72. The first kappa shape index (κ1) is 19.7. The van der Waals surface area contributed by atoms with Gasteiger partial charge in [0, 0.05) is 13.1 Å². The van der Waals surface area contributed by atoms with Crippen LogP contribution in [0.25, 0.3) is 0 Å². The molecule has 0 atom stereocenters. The smallest absolute Gasteiger partial charge is 0.230 e. The second-order valence-electron chi connectivity index (χ2n) is 6.71. The van der Waals surface area contributed by atoms with Crippen molar-refractivity contribution in [3.63, 3.8) is 0 Å². The van der Waals surface area contributed by atoms with Crippen LogP contribution < -0.4 is 5.32 Å². The first-order chi connectivity index (χ1) is 11.1. The molecule has 0 saturated carbocycles. The summed E-state index contributed by atoms with van der Waals surface area (Å²) in [5.74, 6) is 0.201. The second kappa shape index (κ2) is 10.4. The predicted octanol–water partition coefficient (Wildman–Crippen LogP) is 3.98. The quantitative estimate of drug-likeness (QED) is 0.669. The van der Waals surface area contributed by atoms with Crippen molar-refractivity contribution in [1.82, 2.24) is 10.2 Å². The molecule has 0 spiro atoms. The third kappa shape index (κ3) is 5.98. The maximum Gasteiger partial charge on any atom is 0.230 e. The van der Waals surface area contributed by atoms with Gasteiger partial charge in [0.2, 0.25) is 5.91 Å². The molecule has 0 bridgehead atoms. The summed E-state index contributed by atoms with van der Waals surface area (Å²) in [7, 11) is 4.07. The molecular weight excluding hydrogens is 284 g/mol. The minimum Gasteiger partial charge on any atom is -0.354 e. The molecule has 130 valence electrons. The van der Waals surface area contributed by atoms with E-state index in [9.17, 15) is 4.79 Å². The van der Waals surface area contributed by atoms with Crippen LogP contribution in [0.15, 0.2) is 30.3 Å². The van der Waals surface area contributed by atoms with E-state index in [1.165, 1.54) is 5.56 Å². The number of benzene rings is 1. The second-order valence-corrected chi connectivity index (χ2v) is 6.71. The molecule has 3 heteroatoms. The van der Waals surface area contributed by atoms with Crippen LogP contribution in [0.1, 0.15) is 57.9 Å². The fourth-order valence-corrected chi connectivity index (χ4v) is 3.05. The Kier molecular flexibility index (Phi) is 8.93. The molecule has 0 heterocycles. The van der Waals surface area contributed by atoms with Crippen LogP contribution >= 0.6 is 0 Å². The van der Waals surface area contributed by atoms with E-state index in [2.05, 4.69) is 48.3 Å². The molecule has 1 rings (SSSR count). The van der Waals surface area contributed by atoms with Gasteiger partial charge in [-0.15, -0.1) is 0 Å². The number of carbonyl (C=O) groups excluding carboxylic acids is 1. The van der Waals surface area contributed by atoms with E-state index in [4.69, 9.17) is 0 Å². The molecule has 1 aromatic rings. The molecule has 0 unspecified atom stereocenters. The van der Waals surface area contributed by atoms with Gasteiger partial charge in [-0.3, -0.25) is 4.79 Å². The number of nitrogens with zero attached hydrogens (tertiary/aromatic N) is 1. The van der Waals surface area contributed by atoms with Crippen molar-refractivity contribution in [3.8, 4) is 0 Å². The van der Waals surface area contributed by atoms with E-state index in [1.54, 1.807) is 0 Å². The Balaban J connectivity index is 3.02. The molecule has 1 aromatic carbocycles. The van der Waals surface area contributed by atoms with Gasteiger partial charge in [0.05, 0.1) is 5.41 Å². The van der Waals surface area contributed by atoms with E-state index < -0.39 is 0 Å². The normalized spacial score (nSPS) is 11.7. The van der Waals surface area contributed by atoms with Gasteiger partial charge in [-0.25, -0.2) is 0 Å². The van der Waals surface area contributed by atoms with Gasteiger partial charge in [0.1, 0.15) is 0 Å². The first-order valence-electron chi connectivity index (χ1n) is 9.05. The lowest BCUT2D eigenvalue weighted by Crippen LogP contribution is -2.46. The maximum atomic E-state index is 13.1. The van der Waals surface area contributed by atoms with Crippen molar-refractivity contribution >= 4 is 5.91 Å². The van der Waals surface area contributed by atoms with Crippen LogP contribution in [0.5, 0.6) is 0 Å². The SMILES string of the molecule is CCCCC(CCCC)(C(=O)NCCN(C)C)c1ccccc1. The van der Waals surface area contributed by atoms with Gasteiger partial charge in [0.25, 0.3) is 0 Å². The standard InChI is InChI=1S/C20H34N2O/c1-5-7-14-20(15-8-6-2,18-12-10-9-11-13-18)19(23)21-16-17-22(3)4/h9-13H,5-8,14-17H2,1-4H3,(H,21,23). The highest BCUT2D eigenvalue weighted by atomic mass is 16.2. The molecular formula is C20H34N2O. The average Bonchev–Trinajstić information content (AvgIpc) is 2.56. The van der Waals surface area contributed by atoms with Gasteiger partial charge >= 0.3 is 0 Å². The molecule has 0 aliphatic carbocycles. The number of hydrogen-bond donors (Lipinski definition) is 1. The number of carbonyl (C=O) groups is 1. The number of nitrogens with one attached hydrogen (secondary N) is 1. The maximum absolute atomic E-state index is 13.1. The Morgan fingerprint density at radius 2 is 1.61 bits per heavy atom. The number of unbranched alkanes of at least 4 members (excludes halogenated alkanes) is 2. The molecule has 1 amide bonds. The Labute approximate surface area is 142 Å². The topological polar surface area (TPSA) is 32.3 Å². The lowest BCUT2D eigenvalue weighted by Gasteiger charge is -2.33. The number of likely N-dealkylation sites (N-methyl/N-ethyl adjacent to an activating group) is 1. The fourth-order valence-electron chi connectivity index (χ4n) is 3.05. The zero-order valence-electron chi connectivity index (χ0n) is 15.4. The summed E-state index contributed by atoms with van der Waals surface area (Å²) in [5, 5.41) is 3.19. The van der Waals surface area contributed by atoms with Crippen LogP contribution in [0.4, 0.5) is 0 Å². The number of hydrogen-bond acceptors (Lipinski definition) is 2. The minimum absolute atomic E-state index is 0.201. The molecule has 0 aliphatic rings. The minimum atomic E-state index is -0.375. The zero-order chi connectivity index (χ0) is 17.1. The number of rotatable bonds is 11. The summed E-state index contributed by atoms with van der Waals surface area (Å²) in [4.78, 5) is 15.2. The highest BCUT2D eigenvalue weighted by Crippen LogP contribution is 2.35. The van der Waals surface area contributed by atoms with Gasteiger partial charge in [0.15, 0.2) is 0 Å². The summed E-state index contributed by atoms with van der Waals surface area (Å²) in [6.45, 7) is 5.97. The van der Waals surface area contributed by atoms with Gasteiger partial charge in [-0.05, 0) is 32.5 Å². The molecule has 0 saturated heterocycles. The van der Waals surface area contributed by atoms with Crippen molar-refractivity contribution in [2.75, 3.05) is 27.2 Å². The summed E-state index contributed by atoms with van der Waals surface area (Å²) < 4.78 is 0. The predicted molar refractivity (Wildman–Crippen MR) is 98.7 cm³/mol. The van der Waals surface area contributed by atoms with Gasteiger partial charge in [-0.1, -0.05) is 69.9 Å². The lowest BCUT2D eigenvalue weighted by molar-refractivity contribution is -0.127. The van der Waals surface area contributed by atoms with Crippen LogP contribution in [-0.2, 0) is 10.2 Å². The van der Waals surface area contributed by atoms with Gasteiger partial charge in [-0.2, -0.15) is 0 Å². The summed E-state index contributed by atoms with van der Waals surface area (Å²) in [5.41, 5.74) is 0.795. The Hall–Kier alpha value is -1.35. The van der Waals surface area contributed by atoms with E-state index in [-0.39, 0.29) is 11.3 Å². The van der Waals surface area contributed by atoms with Crippen molar-refractivity contribution in [2.24, 2.45) is 0 Å². The molecule has 3 nitrogen and oxygen atoms in total. The largest absolute Gasteiger partial charge is 0.354 e. The number of amides is 1. The van der Waals surface area contributed by atoms with Crippen LogP contribution in [0, 0.1) is 0 Å². The van der Waals surface area contributed by atoms with Crippen molar-refractivity contribution in [2.45, 2.75) is 57.8 Å². The van der Waals surface area contributed by atoms with Crippen molar-refractivity contribution < 1.29 is 4.79 Å². The molecule has 0 radical (unpaired) electrons. The third-order valence-electron chi connectivity index (χ3n) is 4.52. The summed E-state index contributed by atoms with van der Waals surface area (Å²) >= 11 is 0. The van der Waals surface area contributed by atoms with Gasteiger partial charge < -0.3 is 10.2 Å². The van der Waals surface area contributed by atoms with E-state index >= 15 is 0 Å². The summed E-state index contributed by atoms with van der Waals surface area (Å²) in [6.07, 6.45) is 6.26. The molecule has 1 N–H and O–H groups in total.